The summed E-state index contributed by atoms with van der Waals surface area (Å²) < 4.78 is 24.1. The number of anilines is 2. The standard InChI is InChI=1S/C11H21N5O3S2/c1-4-16(2)11-15-9(12)8(20-11)10(17)13-6-5-7-14-21(3,18)19/h14H,4-7,12H2,1-3H3,(H,13,17). The van der Waals surface area contributed by atoms with Crippen LogP contribution in [0.2, 0.25) is 0 Å². The number of rotatable bonds is 8. The van der Waals surface area contributed by atoms with Crippen LogP contribution in [-0.2, 0) is 10.0 Å². The number of nitrogens with one attached hydrogen (secondary N) is 2. The van der Waals surface area contributed by atoms with E-state index in [0.717, 1.165) is 12.8 Å². The topological polar surface area (TPSA) is 117 Å². The van der Waals surface area contributed by atoms with Crippen molar-refractivity contribution >= 4 is 38.2 Å². The lowest BCUT2D eigenvalue weighted by atomic mass is 10.4. The smallest absolute Gasteiger partial charge is 0.265 e. The SMILES string of the molecule is CCN(C)c1nc(N)c(C(=O)NCCCNS(C)(=O)=O)s1. The predicted molar refractivity (Wildman–Crippen MR) is 85.3 cm³/mol. The molecule has 0 unspecified atom stereocenters. The zero-order chi connectivity index (χ0) is 16.0. The number of thiazole rings is 1. The number of hydrogen-bond acceptors (Lipinski definition) is 7. The van der Waals surface area contributed by atoms with Crippen LogP contribution < -0.4 is 20.7 Å². The van der Waals surface area contributed by atoms with Crippen molar-refractivity contribution in [3.63, 3.8) is 0 Å². The minimum Gasteiger partial charge on any atom is -0.382 e. The maximum atomic E-state index is 12.0. The van der Waals surface area contributed by atoms with Gasteiger partial charge in [0.25, 0.3) is 5.91 Å². The summed E-state index contributed by atoms with van der Waals surface area (Å²) in [5, 5.41) is 3.39. The number of carbonyl (C=O) groups excluding carboxylic acids is 1. The first-order valence-electron chi connectivity index (χ1n) is 6.45. The van der Waals surface area contributed by atoms with Gasteiger partial charge in [0.1, 0.15) is 10.7 Å². The first-order valence-corrected chi connectivity index (χ1v) is 9.15. The lowest BCUT2D eigenvalue weighted by Gasteiger charge is -2.10. The average molecular weight is 335 g/mol. The molecule has 1 aromatic heterocycles. The third kappa shape index (κ3) is 5.86. The molecule has 0 saturated heterocycles. The van der Waals surface area contributed by atoms with Crippen LogP contribution in [0.5, 0.6) is 0 Å². The van der Waals surface area contributed by atoms with E-state index in [4.69, 9.17) is 5.73 Å². The molecule has 8 nitrogen and oxygen atoms in total. The number of sulfonamides is 1. The molecule has 0 atom stereocenters. The molecule has 120 valence electrons. The van der Waals surface area contributed by atoms with Crippen LogP contribution >= 0.6 is 11.3 Å². The Kier molecular flexibility index (Phi) is 6.37. The van der Waals surface area contributed by atoms with E-state index < -0.39 is 10.0 Å². The van der Waals surface area contributed by atoms with E-state index in [1.165, 1.54) is 11.3 Å². The molecule has 0 aromatic carbocycles. The molecule has 1 heterocycles. The number of aromatic nitrogens is 1. The van der Waals surface area contributed by atoms with Crippen molar-refractivity contribution in [2.45, 2.75) is 13.3 Å². The molecule has 0 spiro atoms. The normalized spacial score (nSPS) is 11.4. The lowest BCUT2D eigenvalue weighted by Crippen LogP contribution is -2.29. The number of nitrogen functional groups attached to an aromatic ring is 1. The van der Waals surface area contributed by atoms with Crippen molar-refractivity contribution in [3.05, 3.63) is 4.88 Å². The van der Waals surface area contributed by atoms with Gasteiger partial charge in [-0.3, -0.25) is 4.79 Å². The van der Waals surface area contributed by atoms with Crippen LogP contribution in [0.3, 0.4) is 0 Å². The molecule has 0 aliphatic heterocycles. The second-order valence-electron chi connectivity index (χ2n) is 4.50. The van der Waals surface area contributed by atoms with E-state index in [1.807, 2.05) is 18.9 Å². The first kappa shape index (κ1) is 17.7. The fourth-order valence-corrected chi connectivity index (χ4v) is 2.85. The number of nitrogens with zero attached hydrogens (tertiary/aromatic N) is 2. The van der Waals surface area contributed by atoms with Crippen LogP contribution in [-0.4, -0.2) is 52.2 Å². The highest BCUT2D eigenvalue weighted by molar-refractivity contribution is 7.88. The Balaban J connectivity index is 2.47. The van der Waals surface area contributed by atoms with E-state index in [9.17, 15) is 13.2 Å². The van der Waals surface area contributed by atoms with Gasteiger partial charge in [-0.05, 0) is 13.3 Å². The minimum absolute atomic E-state index is 0.210. The van der Waals surface area contributed by atoms with E-state index in [1.54, 1.807) is 0 Å². The van der Waals surface area contributed by atoms with Gasteiger partial charge in [0.05, 0.1) is 6.26 Å². The van der Waals surface area contributed by atoms with Crippen LogP contribution in [0, 0.1) is 0 Å². The molecule has 0 saturated carbocycles. The molecule has 0 bridgehead atoms. The third-order valence-corrected chi connectivity index (χ3v) is 4.57. The maximum absolute atomic E-state index is 12.0. The van der Waals surface area contributed by atoms with Crippen LogP contribution in [0.1, 0.15) is 23.0 Å². The van der Waals surface area contributed by atoms with E-state index in [0.29, 0.717) is 23.0 Å². The van der Waals surface area contributed by atoms with E-state index in [-0.39, 0.29) is 18.3 Å². The van der Waals surface area contributed by atoms with Crippen LogP contribution in [0.15, 0.2) is 0 Å². The Hall–Kier alpha value is -1.39. The van der Waals surface area contributed by atoms with Gasteiger partial charge in [-0.2, -0.15) is 0 Å². The fraction of sp³-hybridized carbons (Fsp3) is 0.636. The predicted octanol–water partition coefficient (Wildman–Crippen LogP) is -0.149. The zero-order valence-corrected chi connectivity index (χ0v) is 14.0. The molecule has 4 N–H and O–H groups in total. The summed E-state index contributed by atoms with van der Waals surface area (Å²) in [6.07, 6.45) is 1.59. The third-order valence-electron chi connectivity index (χ3n) is 2.65. The highest BCUT2D eigenvalue weighted by Crippen LogP contribution is 2.27. The highest BCUT2D eigenvalue weighted by atomic mass is 32.2. The molecular weight excluding hydrogens is 314 g/mol. The number of carbonyl (C=O) groups is 1. The molecule has 0 aliphatic rings. The van der Waals surface area contributed by atoms with E-state index >= 15 is 0 Å². The summed E-state index contributed by atoms with van der Waals surface area (Å²) in [6, 6.07) is 0. The van der Waals surface area contributed by atoms with Crippen molar-refractivity contribution < 1.29 is 13.2 Å². The Morgan fingerprint density at radius 3 is 2.67 bits per heavy atom. The van der Waals surface area contributed by atoms with Crippen molar-refractivity contribution in [1.29, 1.82) is 0 Å². The van der Waals surface area contributed by atoms with Crippen molar-refractivity contribution in [1.82, 2.24) is 15.0 Å². The quantitative estimate of drug-likeness (QED) is 0.569. The number of nitrogens with two attached hydrogens (primary N) is 1. The summed E-state index contributed by atoms with van der Waals surface area (Å²) in [7, 11) is -1.32. The van der Waals surface area contributed by atoms with Gasteiger partial charge in [0.2, 0.25) is 10.0 Å². The second kappa shape index (κ2) is 7.57. The van der Waals surface area contributed by atoms with Gasteiger partial charge in [-0.15, -0.1) is 0 Å². The van der Waals surface area contributed by atoms with Crippen LogP contribution in [0.4, 0.5) is 10.9 Å². The van der Waals surface area contributed by atoms with Crippen molar-refractivity contribution in [2.24, 2.45) is 0 Å². The van der Waals surface area contributed by atoms with Gasteiger partial charge in [0, 0.05) is 26.7 Å². The van der Waals surface area contributed by atoms with Crippen LogP contribution in [0.25, 0.3) is 0 Å². The maximum Gasteiger partial charge on any atom is 0.265 e. The van der Waals surface area contributed by atoms with Gasteiger partial charge in [0.15, 0.2) is 5.13 Å². The summed E-state index contributed by atoms with van der Waals surface area (Å²) in [6.45, 7) is 3.38. The Bertz CT molecular complexity index is 585. The highest BCUT2D eigenvalue weighted by Gasteiger charge is 2.17. The lowest BCUT2D eigenvalue weighted by molar-refractivity contribution is 0.0958. The molecule has 10 heteroatoms. The van der Waals surface area contributed by atoms with Gasteiger partial charge in [-0.1, -0.05) is 11.3 Å². The molecule has 0 radical (unpaired) electrons. The fourth-order valence-electron chi connectivity index (χ4n) is 1.41. The summed E-state index contributed by atoms with van der Waals surface area (Å²) in [5.74, 6) is -0.0813. The van der Waals surface area contributed by atoms with Crippen molar-refractivity contribution in [3.8, 4) is 0 Å². The largest absolute Gasteiger partial charge is 0.382 e. The Morgan fingerprint density at radius 2 is 2.10 bits per heavy atom. The van der Waals surface area contributed by atoms with Crippen molar-refractivity contribution in [2.75, 3.05) is 43.6 Å². The molecular formula is C11H21N5O3S2. The minimum atomic E-state index is -3.19. The monoisotopic (exact) mass is 335 g/mol. The zero-order valence-electron chi connectivity index (χ0n) is 12.3. The molecule has 1 amide bonds. The van der Waals surface area contributed by atoms with Gasteiger partial charge >= 0.3 is 0 Å². The molecule has 0 fully saturated rings. The molecule has 0 aliphatic carbocycles. The second-order valence-corrected chi connectivity index (χ2v) is 7.31. The molecule has 21 heavy (non-hydrogen) atoms. The summed E-state index contributed by atoms with van der Waals surface area (Å²) >= 11 is 1.23. The summed E-state index contributed by atoms with van der Waals surface area (Å²) in [5.41, 5.74) is 5.74. The molecule has 1 aromatic rings. The van der Waals surface area contributed by atoms with E-state index in [2.05, 4.69) is 15.0 Å². The van der Waals surface area contributed by atoms with Gasteiger partial charge < -0.3 is 16.0 Å². The average Bonchev–Trinajstić information content (AvgIpc) is 2.78. The Morgan fingerprint density at radius 1 is 1.43 bits per heavy atom. The number of hydrogen-bond donors (Lipinski definition) is 3. The Labute approximate surface area is 128 Å². The number of amides is 1. The first-order chi connectivity index (χ1) is 9.74. The van der Waals surface area contributed by atoms with Gasteiger partial charge in [-0.25, -0.2) is 18.1 Å². The molecule has 1 rings (SSSR count). The summed E-state index contributed by atoms with van der Waals surface area (Å²) in [4.78, 5) is 18.4.